The number of nitrogens with zero attached hydrogens (tertiary/aromatic N) is 2. The Morgan fingerprint density at radius 2 is 2.00 bits per heavy atom. The van der Waals surface area contributed by atoms with Crippen molar-refractivity contribution < 1.29 is 27.4 Å². The normalized spacial score (nSPS) is 23.9. The molecular formula is C18H26F3N3O3. The first-order valence-corrected chi connectivity index (χ1v) is 8.79. The zero-order valence-corrected chi connectivity index (χ0v) is 16.1. The zero-order chi connectivity index (χ0) is 20.4. The lowest BCUT2D eigenvalue weighted by atomic mass is 10.1. The average molecular weight is 389 g/mol. The summed E-state index contributed by atoms with van der Waals surface area (Å²) in [6.45, 7) is 9.72. The van der Waals surface area contributed by atoms with Crippen LogP contribution in [0, 0.1) is 0 Å². The number of ether oxygens (including phenoxy) is 2. The fourth-order valence-corrected chi connectivity index (χ4v) is 2.85. The number of pyridine rings is 1. The number of carbonyl (C=O) groups is 1. The van der Waals surface area contributed by atoms with Crippen LogP contribution in [0.5, 0.6) is 0 Å². The Morgan fingerprint density at radius 3 is 2.52 bits per heavy atom. The first-order chi connectivity index (χ1) is 12.4. The van der Waals surface area contributed by atoms with E-state index in [1.807, 2.05) is 13.8 Å². The van der Waals surface area contributed by atoms with Crippen molar-refractivity contribution in [3.8, 4) is 0 Å². The molecule has 152 valence electrons. The van der Waals surface area contributed by atoms with Gasteiger partial charge in [-0.2, -0.15) is 13.2 Å². The van der Waals surface area contributed by atoms with E-state index in [0.29, 0.717) is 6.54 Å². The molecule has 1 aliphatic rings. The van der Waals surface area contributed by atoms with Crippen LogP contribution in [0.4, 0.5) is 23.8 Å². The molecule has 27 heavy (non-hydrogen) atoms. The maximum atomic E-state index is 12.6. The molecule has 1 aromatic heterocycles. The van der Waals surface area contributed by atoms with Crippen LogP contribution in [0.3, 0.4) is 0 Å². The third-order valence-corrected chi connectivity index (χ3v) is 4.05. The lowest BCUT2D eigenvalue weighted by molar-refractivity contribution is -0.137. The second-order valence-electron chi connectivity index (χ2n) is 7.66. The summed E-state index contributed by atoms with van der Waals surface area (Å²) in [7, 11) is 0. The molecule has 9 heteroatoms. The Labute approximate surface area is 157 Å². The number of morpholine rings is 1. The summed E-state index contributed by atoms with van der Waals surface area (Å²) in [5.74, 6) is 0.290. The quantitative estimate of drug-likeness (QED) is 0.849. The molecular weight excluding hydrogens is 363 g/mol. The predicted molar refractivity (Wildman–Crippen MR) is 94.5 cm³/mol. The van der Waals surface area contributed by atoms with E-state index in [9.17, 15) is 18.0 Å². The number of aromatic nitrogens is 1. The minimum absolute atomic E-state index is 0.145. The van der Waals surface area contributed by atoms with Crippen LogP contribution in [0.25, 0.3) is 0 Å². The van der Waals surface area contributed by atoms with Crippen molar-refractivity contribution in [3.63, 3.8) is 0 Å². The molecule has 0 aromatic carbocycles. The highest BCUT2D eigenvalue weighted by Gasteiger charge is 2.38. The molecule has 6 nitrogen and oxygen atoms in total. The Morgan fingerprint density at radius 1 is 1.33 bits per heavy atom. The van der Waals surface area contributed by atoms with Crippen molar-refractivity contribution >= 4 is 11.9 Å². The van der Waals surface area contributed by atoms with Crippen LogP contribution < -0.4 is 5.32 Å². The second-order valence-corrected chi connectivity index (χ2v) is 7.66. The van der Waals surface area contributed by atoms with Gasteiger partial charge in [0.2, 0.25) is 0 Å². The Hall–Kier alpha value is -2.03. The number of nitrogens with one attached hydrogen (secondary N) is 1. The molecule has 1 fully saturated rings. The molecule has 2 heterocycles. The third kappa shape index (κ3) is 5.98. The Kier molecular flexibility index (Phi) is 6.24. The summed E-state index contributed by atoms with van der Waals surface area (Å²) >= 11 is 0. The number of hydrogen-bond donors (Lipinski definition) is 1. The van der Waals surface area contributed by atoms with E-state index in [1.165, 1.54) is 6.07 Å². The maximum Gasteiger partial charge on any atom is 0.417 e. The second kappa shape index (κ2) is 7.92. The van der Waals surface area contributed by atoms with E-state index in [-0.39, 0.29) is 30.6 Å². The third-order valence-electron chi connectivity index (χ3n) is 4.05. The van der Waals surface area contributed by atoms with E-state index >= 15 is 0 Å². The van der Waals surface area contributed by atoms with E-state index in [0.717, 1.165) is 12.3 Å². The van der Waals surface area contributed by atoms with Gasteiger partial charge < -0.3 is 14.8 Å². The van der Waals surface area contributed by atoms with Crippen molar-refractivity contribution in [3.05, 3.63) is 23.9 Å². The van der Waals surface area contributed by atoms with Gasteiger partial charge in [-0.05, 0) is 46.8 Å². The van der Waals surface area contributed by atoms with Gasteiger partial charge in [0.05, 0.1) is 30.4 Å². The molecule has 2 rings (SSSR count). The molecule has 1 saturated heterocycles. The van der Waals surface area contributed by atoms with Crippen LogP contribution in [0.1, 0.15) is 40.2 Å². The zero-order valence-electron chi connectivity index (χ0n) is 16.1. The molecule has 0 spiro atoms. The number of halogens is 3. The fraction of sp³-hybridized carbons (Fsp3) is 0.667. The first kappa shape index (κ1) is 21.3. The van der Waals surface area contributed by atoms with E-state index in [2.05, 4.69) is 10.3 Å². The standard InChI is InChI=1S/C18H26F3N3O3/c1-11-10-24(16(25)27-17(3,4)5)14(12(2)26-11)9-23-15-7-6-13(8-22-15)18(19,20)21/h6-8,11-12,14H,9-10H2,1-5H3,(H,22,23)/t11-,12+,14-/m1/s1. The van der Waals surface area contributed by atoms with Gasteiger partial charge in [-0.1, -0.05) is 0 Å². The molecule has 0 bridgehead atoms. The SMILES string of the molecule is C[C@@H]1CN(C(=O)OC(C)(C)C)[C@H](CNc2ccc(C(F)(F)F)cn2)[C@H](C)O1. The number of amides is 1. The molecule has 1 aliphatic heterocycles. The number of carbonyl (C=O) groups excluding carboxylic acids is 1. The number of hydrogen-bond acceptors (Lipinski definition) is 5. The molecule has 3 atom stereocenters. The lowest BCUT2D eigenvalue weighted by Gasteiger charge is -2.43. The Bertz CT molecular complexity index is 644. The van der Waals surface area contributed by atoms with Gasteiger partial charge in [-0.25, -0.2) is 9.78 Å². The summed E-state index contributed by atoms with van der Waals surface area (Å²) in [6.07, 6.45) is -4.52. The number of alkyl halides is 3. The summed E-state index contributed by atoms with van der Waals surface area (Å²) in [5.41, 5.74) is -1.44. The smallest absolute Gasteiger partial charge is 0.417 e. The summed E-state index contributed by atoms with van der Waals surface area (Å²) in [6, 6.07) is 1.88. The van der Waals surface area contributed by atoms with Gasteiger partial charge in [0.1, 0.15) is 11.4 Å². The van der Waals surface area contributed by atoms with Crippen LogP contribution in [-0.4, -0.2) is 52.9 Å². The summed E-state index contributed by atoms with van der Waals surface area (Å²) < 4.78 is 49.1. The van der Waals surface area contributed by atoms with Crippen LogP contribution >= 0.6 is 0 Å². The first-order valence-electron chi connectivity index (χ1n) is 8.79. The van der Waals surface area contributed by atoms with Gasteiger partial charge in [0, 0.05) is 12.7 Å². The van der Waals surface area contributed by atoms with Crippen molar-refractivity contribution in [2.24, 2.45) is 0 Å². The summed E-state index contributed by atoms with van der Waals surface area (Å²) in [4.78, 5) is 18.0. The average Bonchev–Trinajstić information content (AvgIpc) is 2.51. The predicted octanol–water partition coefficient (Wildman–Crippen LogP) is 3.93. The van der Waals surface area contributed by atoms with E-state index < -0.39 is 23.4 Å². The molecule has 0 aliphatic carbocycles. The largest absolute Gasteiger partial charge is 0.444 e. The van der Waals surface area contributed by atoms with E-state index in [4.69, 9.17) is 9.47 Å². The molecule has 0 saturated carbocycles. The van der Waals surface area contributed by atoms with E-state index in [1.54, 1.807) is 25.7 Å². The topological polar surface area (TPSA) is 63.7 Å². The van der Waals surface area contributed by atoms with Crippen molar-refractivity contribution in [1.82, 2.24) is 9.88 Å². The van der Waals surface area contributed by atoms with Crippen molar-refractivity contribution in [1.29, 1.82) is 0 Å². The number of anilines is 1. The molecule has 1 amide bonds. The van der Waals surface area contributed by atoms with Gasteiger partial charge in [-0.3, -0.25) is 4.90 Å². The number of rotatable bonds is 3. The van der Waals surface area contributed by atoms with Gasteiger partial charge in [-0.15, -0.1) is 0 Å². The minimum atomic E-state index is -4.43. The lowest BCUT2D eigenvalue weighted by Crippen LogP contribution is -2.58. The fourth-order valence-electron chi connectivity index (χ4n) is 2.85. The Balaban J connectivity index is 2.07. The van der Waals surface area contributed by atoms with Crippen LogP contribution in [0.2, 0.25) is 0 Å². The summed E-state index contributed by atoms with van der Waals surface area (Å²) in [5, 5.41) is 2.98. The molecule has 0 unspecified atom stereocenters. The van der Waals surface area contributed by atoms with Crippen LogP contribution in [-0.2, 0) is 15.7 Å². The van der Waals surface area contributed by atoms with Gasteiger partial charge in [0.15, 0.2) is 0 Å². The van der Waals surface area contributed by atoms with Crippen molar-refractivity contribution in [2.75, 3.05) is 18.4 Å². The monoisotopic (exact) mass is 389 g/mol. The molecule has 1 N–H and O–H groups in total. The molecule has 1 aromatic rings. The highest BCUT2D eigenvalue weighted by Crippen LogP contribution is 2.29. The van der Waals surface area contributed by atoms with Gasteiger partial charge >= 0.3 is 12.3 Å². The molecule has 0 radical (unpaired) electrons. The van der Waals surface area contributed by atoms with Gasteiger partial charge in [0.25, 0.3) is 0 Å². The highest BCUT2D eigenvalue weighted by atomic mass is 19.4. The van der Waals surface area contributed by atoms with Crippen molar-refractivity contribution in [2.45, 2.75) is 64.6 Å². The highest BCUT2D eigenvalue weighted by molar-refractivity contribution is 5.69. The maximum absolute atomic E-state index is 12.6. The minimum Gasteiger partial charge on any atom is -0.444 e. The van der Waals surface area contributed by atoms with Crippen LogP contribution in [0.15, 0.2) is 18.3 Å².